The van der Waals surface area contributed by atoms with Crippen LogP contribution in [0.4, 0.5) is 34.1 Å². The van der Waals surface area contributed by atoms with Crippen LogP contribution in [-0.2, 0) is 42.9 Å². The molecule has 4 amide bonds. The predicted molar refractivity (Wildman–Crippen MR) is 222 cm³/mol. The minimum absolute atomic E-state index is 0.0614. The number of halogens is 4. The number of benzene rings is 2. The van der Waals surface area contributed by atoms with Gasteiger partial charge < -0.3 is 40.0 Å². The number of nitrogens with two attached hydrogens (primary N) is 1. The molecule has 0 bridgehead atoms. The number of rotatable bonds is 12. The summed E-state index contributed by atoms with van der Waals surface area (Å²) in [6.45, 7) is 8.22. The number of alkyl halides is 3. The van der Waals surface area contributed by atoms with Gasteiger partial charge in [0.05, 0.1) is 42.6 Å². The van der Waals surface area contributed by atoms with E-state index in [0.717, 1.165) is 95.4 Å². The lowest BCUT2D eigenvalue weighted by molar-refractivity contribution is -0.145. The summed E-state index contributed by atoms with van der Waals surface area (Å²) < 4.78 is 58.6. The van der Waals surface area contributed by atoms with Crippen LogP contribution in [0.3, 0.4) is 0 Å². The van der Waals surface area contributed by atoms with E-state index >= 15 is 0 Å². The highest BCUT2D eigenvalue weighted by Gasteiger charge is 2.39. The lowest BCUT2D eigenvalue weighted by Gasteiger charge is -2.41. The first-order chi connectivity index (χ1) is 29.3. The van der Waals surface area contributed by atoms with Crippen molar-refractivity contribution in [1.29, 1.82) is 0 Å². The van der Waals surface area contributed by atoms with Crippen molar-refractivity contribution in [1.82, 2.24) is 24.5 Å². The molecule has 4 fully saturated rings. The predicted octanol–water partition coefficient (Wildman–Crippen LogP) is 5.72. The molecular weight excluding hydrogens is 819 g/mol. The number of hydrogen-bond acceptors (Lipinski definition) is 10. The monoisotopic (exact) mass is 875 g/mol. The van der Waals surface area contributed by atoms with Crippen molar-refractivity contribution in [3.63, 3.8) is 0 Å². The van der Waals surface area contributed by atoms with E-state index in [4.69, 9.17) is 31.5 Å². The molecule has 0 radical (unpaired) electrons. The molecule has 0 saturated carbocycles. The number of nitrogens with zero attached hydrogens (tertiary/aromatic N) is 5. The number of amides is 4. The van der Waals surface area contributed by atoms with Gasteiger partial charge in [-0.1, -0.05) is 29.8 Å². The topological polar surface area (TPSA) is 150 Å². The summed E-state index contributed by atoms with van der Waals surface area (Å²) in [4.78, 5) is 62.7. The van der Waals surface area contributed by atoms with E-state index in [1.807, 2.05) is 24.3 Å². The van der Waals surface area contributed by atoms with Crippen LogP contribution in [0, 0.1) is 11.8 Å². The number of para-hydroxylation sites is 1. The maximum atomic E-state index is 14.2. The fraction of sp³-hybridized carbons (Fsp3) is 0.628. The number of nitrogens with one attached hydrogen (secondary N) is 1. The maximum Gasteiger partial charge on any atom is 0.418 e. The molecule has 0 aromatic heterocycles. The van der Waals surface area contributed by atoms with Gasteiger partial charge in [-0.05, 0) is 99.2 Å². The van der Waals surface area contributed by atoms with Crippen molar-refractivity contribution in [3.8, 4) is 0 Å². The first-order valence-corrected chi connectivity index (χ1v) is 21.9. The lowest BCUT2D eigenvalue weighted by Crippen LogP contribution is -2.52. The highest BCUT2D eigenvalue weighted by molar-refractivity contribution is 6.33. The minimum Gasteiger partial charge on any atom is -0.465 e. The van der Waals surface area contributed by atoms with E-state index in [1.165, 1.54) is 11.0 Å². The van der Waals surface area contributed by atoms with Crippen LogP contribution in [0.2, 0.25) is 5.02 Å². The van der Waals surface area contributed by atoms with Gasteiger partial charge in [-0.15, -0.1) is 0 Å². The molecule has 5 aliphatic rings. The Hall–Kier alpha value is -4.32. The molecule has 2 aromatic carbocycles. The highest BCUT2D eigenvalue weighted by Crippen LogP contribution is 2.39. The van der Waals surface area contributed by atoms with Gasteiger partial charge >= 0.3 is 24.3 Å². The molecule has 1 atom stereocenters. The largest absolute Gasteiger partial charge is 0.465 e. The van der Waals surface area contributed by atoms with Crippen molar-refractivity contribution in [2.24, 2.45) is 11.8 Å². The molecular formula is C43H57ClF3N7O7. The van der Waals surface area contributed by atoms with Gasteiger partial charge in [-0.2, -0.15) is 13.2 Å². The molecule has 2 aromatic rings. The van der Waals surface area contributed by atoms with Crippen molar-refractivity contribution >= 4 is 47.0 Å². The molecule has 1 unspecified atom stereocenters. The Balaban J connectivity index is 0.914. The summed E-state index contributed by atoms with van der Waals surface area (Å²) >= 11 is 6.15. The molecule has 5 heterocycles. The van der Waals surface area contributed by atoms with E-state index in [2.05, 4.69) is 15.1 Å². The summed E-state index contributed by atoms with van der Waals surface area (Å²) in [7, 11) is 0. The van der Waals surface area contributed by atoms with E-state index in [0.29, 0.717) is 50.9 Å². The number of carbonyl (C=O) groups is 4. The van der Waals surface area contributed by atoms with Gasteiger partial charge in [0.1, 0.15) is 0 Å². The van der Waals surface area contributed by atoms with Crippen LogP contribution in [0.25, 0.3) is 0 Å². The van der Waals surface area contributed by atoms with Gasteiger partial charge in [-0.25, -0.2) is 9.59 Å². The average molecular weight is 876 g/mol. The number of ether oxygens (including phenoxy) is 3. The van der Waals surface area contributed by atoms with Crippen LogP contribution in [0.1, 0.15) is 61.6 Å². The Morgan fingerprint density at radius 3 is 2.23 bits per heavy atom. The van der Waals surface area contributed by atoms with Gasteiger partial charge in [0.25, 0.3) is 5.91 Å². The van der Waals surface area contributed by atoms with E-state index in [1.54, 1.807) is 9.80 Å². The fourth-order valence-corrected chi connectivity index (χ4v) is 9.64. The zero-order valence-corrected chi connectivity index (χ0v) is 35.3. The van der Waals surface area contributed by atoms with Crippen molar-refractivity contribution in [3.05, 3.63) is 58.1 Å². The standard InChI is InChI=1S/C43H57ClF3N7O7/c44-35-25-29(24-34(39(35)48)43(45,46)47)26-37(61-42(58)53-17-10-33(11-18-53)54-27-32-4-1-2-5-36(32)49-41(54)57)40(56)52-15-8-31(9-16-52)30-6-13-51(14-7-30)28-38(55)60-21-3-12-50-19-22-59-23-20-50/h1-2,4-5,24-25,30-31,33,37H,3,6-23,26-28,48H2,(H,49,57). The Morgan fingerprint density at radius 2 is 1.54 bits per heavy atom. The summed E-state index contributed by atoms with van der Waals surface area (Å²) in [5, 5.41) is 2.62. The number of piperidine rings is 3. The summed E-state index contributed by atoms with van der Waals surface area (Å²) in [6.07, 6.45) is -2.19. The number of nitrogen functional groups attached to an aromatic ring is 1. The number of fused-ring (bicyclic) bond motifs is 1. The summed E-state index contributed by atoms with van der Waals surface area (Å²) in [5.41, 5.74) is 5.79. The number of likely N-dealkylation sites (tertiary alicyclic amines) is 3. The molecule has 14 nitrogen and oxygen atoms in total. The van der Waals surface area contributed by atoms with Crippen LogP contribution in [-0.4, -0.2) is 146 Å². The van der Waals surface area contributed by atoms with Crippen LogP contribution >= 0.6 is 11.6 Å². The second-order valence-electron chi connectivity index (χ2n) is 16.9. The molecule has 3 N–H and O–H groups in total. The number of hydrogen-bond donors (Lipinski definition) is 2. The Morgan fingerprint density at radius 1 is 0.885 bits per heavy atom. The lowest BCUT2D eigenvalue weighted by atomic mass is 9.78. The first-order valence-electron chi connectivity index (χ1n) is 21.6. The van der Waals surface area contributed by atoms with Crippen molar-refractivity contribution in [2.45, 2.75) is 76.2 Å². The minimum atomic E-state index is -4.79. The van der Waals surface area contributed by atoms with E-state index in [-0.39, 0.29) is 54.7 Å². The number of urea groups is 1. The normalized spacial score (nSPS) is 20.9. The van der Waals surface area contributed by atoms with Crippen molar-refractivity contribution < 1.29 is 46.6 Å². The molecule has 5 aliphatic heterocycles. The second kappa shape index (κ2) is 20.2. The van der Waals surface area contributed by atoms with Crippen LogP contribution < -0.4 is 11.1 Å². The third-order valence-corrected chi connectivity index (χ3v) is 13.3. The number of esters is 1. The molecule has 4 saturated heterocycles. The molecule has 0 aliphatic carbocycles. The Kier molecular flexibility index (Phi) is 14.8. The third-order valence-electron chi connectivity index (χ3n) is 12.9. The van der Waals surface area contributed by atoms with Gasteiger partial charge in [-0.3, -0.25) is 19.4 Å². The summed E-state index contributed by atoms with van der Waals surface area (Å²) in [5.74, 6) is 0.102. The number of anilines is 2. The third kappa shape index (κ3) is 11.6. The van der Waals surface area contributed by atoms with Crippen LogP contribution in [0.15, 0.2) is 36.4 Å². The molecule has 0 spiro atoms. The first kappa shape index (κ1) is 44.7. The van der Waals surface area contributed by atoms with Gasteiger partial charge in [0.2, 0.25) is 0 Å². The smallest absolute Gasteiger partial charge is 0.418 e. The zero-order valence-electron chi connectivity index (χ0n) is 34.5. The van der Waals surface area contributed by atoms with Gasteiger partial charge in [0, 0.05) is 70.5 Å². The molecule has 18 heteroatoms. The Bertz CT molecular complexity index is 1860. The van der Waals surface area contributed by atoms with Gasteiger partial charge in [0.15, 0.2) is 6.10 Å². The molecule has 334 valence electrons. The van der Waals surface area contributed by atoms with Crippen LogP contribution in [0.5, 0.6) is 0 Å². The van der Waals surface area contributed by atoms with Crippen molar-refractivity contribution in [2.75, 3.05) is 96.3 Å². The molecule has 61 heavy (non-hydrogen) atoms. The number of morpholine rings is 1. The average Bonchev–Trinajstić information content (AvgIpc) is 3.26. The van der Waals surface area contributed by atoms with E-state index in [9.17, 15) is 32.3 Å². The summed E-state index contributed by atoms with van der Waals surface area (Å²) in [6, 6.07) is 9.39. The quantitative estimate of drug-likeness (QED) is 0.154. The Labute approximate surface area is 359 Å². The molecule has 7 rings (SSSR count). The highest BCUT2D eigenvalue weighted by atomic mass is 35.5. The maximum absolute atomic E-state index is 14.2. The number of carbonyl (C=O) groups excluding carboxylic acids is 4. The SMILES string of the molecule is Nc1c(Cl)cc(CC(OC(=O)N2CCC(N3Cc4ccccc4NC3=O)CC2)C(=O)N2CCC(C3CCN(CC(=O)OCCCN4CCOCC4)CC3)CC2)cc1C(F)(F)F. The fourth-order valence-electron chi connectivity index (χ4n) is 9.40. The second-order valence-corrected chi connectivity index (χ2v) is 17.3. The van der Waals surface area contributed by atoms with E-state index < -0.39 is 35.5 Å². The zero-order chi connectivity index (χ0) is 43.1.